The summed E-state index contributed by atoms with van der Waals surface area (Å²) in [6.45, 7) is 0.362. The van der Waals surface area contributed by atoms with E-state index >= 15 is 0 Å². The molecule has 0 aliphatic rings. The number of benzene rings is 3. The maximum Gasteiger partial charge on any atom is 0.307 e. The molecule has 3 aromatic rings. The quantitative estimate of drug-likeness (QED) is 0.441. The van der Waals surface area contributed by atoms with Crippen LogP contribution in [0, 0.1) is 0 Å². The van der Waals surface area contributed by atoms with Gasteiger partial charge in [0.1, 0.15) is 12.4 Å². The number of carboxylic acids is 1. The molecule has 0 atom stereocenters. The molecule has 0 bridgehead atoms. The van der Waals surface area contributed by atoms with Crippen LogP contribution >= 0.6 is 27.5 Å². The molecular weight excluding hydrogens is 440 g/mol. The summed E-state index contributed by atoms with van der Waals surface area (Å²) >= 11 is 9.62. The second-order valence-corrected chi connectivity index (χ2v) is 7.50. The molecule has 0 amide bonds. The number of hydrogen-bond acceptors (Lipinski definition) is 2. The van der Waals surface area contributed by atoms with Crippen LogP contribution in [0.15, 0.2) is 77.3 Å². The molecule has 142 valence electrons. The van der Waals surface area contributed by atoms with Crippen LogP contribution in [-0.4, -0.2) is 17.7 Å². The summed E-state index contributed by atoms with van der Waals surface area (Å²) in [4.78, 5) is 10.8. The van der Waals surface area contributed by atoms with Crippen molar-refractivity contribution in [3.05, 3.63) is 93.4 Å². The molecule has 0 spiro atoms. The molecule has 0 aliphatic carbocycles. The Bertz CT molecular complexity index is 997. The highest BCUT2D eigenvalue weighted by molar-refractivity contribution is 9.10. The average Bonchev–Trinajstić information content (AvgIpc) is 2.67. The Morgan fingerprint density at radius 1 is 1.04 bits per heavy atom. The van der Waals surface area contributed by atoms with Gasteiger partial charge in [-0.3, -0.25) is 4.79 Å². The number of aliphatic carboxylic acids is 1. The van der Waals surface area contributed by atoms with Gasteiger partial charge in [-0.2, -0.15) is 0 Å². The fourth-order valence-electron chi connectivity index (χ4n) is 2.73. The lowest BCUT2D eigenvalue weighted by Crippen LogP contribution is -2.00. The van der Waals surface area contributed by atoms with E-state index in [0.29, 0.717) is 22.9 Å². The second kappa shape index (κ2) is 9.58. The van der Waals surface area contributed by atoms with Crippen LogP contribution in [0.1, 0.15) is 11.1 Å². The Labute approximate surface area is 177 Å². The average molecular weight is 458 g/mol. The van der Waals surface area contributed by atoms with Gasteiger partial charge in [-0.1, -0.05) is 70.0 Å². The third-order valence-corrected chi connectivity index (χ3v) is 4.89. The third-order valence-electron chi connectivity index (χ3n) is 4.06. The molecule has 3 aromatic carbocycles. The summed E-state index contributed by atoms with van der Waals surface area (Å²) in [5.41, 5.74) is 4.02. The lowest BCUT2D eigenvalue weighted by Gasteiger charge is -2.07. The molecule has 0 saturated heterocycles. The van der Waals surface area contributed by atoms with Crippen molar-refractivity contribution in [2.45, 2.75) is 6.42 Å². The zero-order valence-electron chi connectivity index (χ0n) is 14.9. The van der Waals surface area contributed by atoms with Gasteiger partial charge in [-0.05, 0) is 58.7 Å². The van der Waals surface area contributed by atoms with Gasteiger partial charge in [0.2, 0.25) is 0 Å². The second-order valence-electron chi connectivity index (χ2n) is 6.18. The van der Waals surface area contributed by atoms with Crippen LogP contribution in [0.25, 0.3) is 17.2 Å². The predicted octanol–water partition coefficient (Wildman–Crippen LogP) is 6.49. The van der Waals surface area contributed by atoms with Gasteiger partial charge in [0.15, 0.2) is 0 Å². The van der Waals surface area contributed by atoms with E-state index in [0.717, 1.165) is 21.2 Å². The van der Waals surface area contributed by atoms with Gasteiger partial charge in [-0.15, -0.1) is 0 Å². The number of carboxylic acid groups (broad SMARTS) is 1. The molecule has 3 nitrogen and oxygen atoms in total. The van der Waals surface area contributed by atoms with E-state index in [-0.39, 0.29) is 6.42 Å². The first-order valence-electron chi connectivity index (χ1n) is 8.67. The smallest absolute Gasteiger partial charge is 0.307 e. The van der Waals surface area contributed by atoms with Crippen molar-refractivity contribution in [3.63, 3.8) is 0 Å². The highest BCUT2D eigenvalue weighted by atomic mass is 79.9. The Morgan fingerprint density at radius 3 is 2.54 bits per heavy atom. The molecule has 1 N–H and O–H groups in total. The maximum atomic E-state index is 10.8. The third kappa shape index (κ3) is 5.72. The van der Waals surface area contributed by atoms with E-state index in [9.17, 15) is 4.79 Å². The summed E-state index contributed by atoms with van der Waals surface area (Å²) in [7, 11) is 0. The number of halogens is 2. The molecule has 0 aliphatic heterocycles. The van der Waals surface area contributed by atoms with E-state index in [4.69, 9.17) is 21.4 Å². The van der Waals surface area contributed by atoms with Gasteiger partial charge >= 0.3 is 5.97 Å². The summed E-state index contributed by atoms with van der Waals surface area (Å²) in [6, 6.07) is 21.5. The van der Waals surface area contributed by atoms with Crippen LogP contribution in [0.3, 0.4) is 0 Å². The lowest BCUT2D eigenvalue weighted by molar-refractivity contribution is -0.136. The summed E-state index contributed by atoms with van der Waals surface area (Å²) < 4.78 is 6.73. The first-order valence-corrected chi connectivity index (χ1v) is 9.84. The van der Waals surface area contributed by atoms with Crippen molar-refractivity contribution in [1.29, 1.82) is 0 Å². The molecule has 5 heteroatoms. The Morgan fingerprint density at radius 2 is 1.82 bits per heavy atom. The van der Waals surface area contributed by atoms with E-state index < -0.39 is 5.97 Å². The largest absolute Gasteiger partial charge is 0.488 e. The fourth-order valence-corrected chi connectivity index (χ4v) is 3.25. The first-order chi connectivity index (χ1) is 13.5. The minimum atomic E-state index is -0.891. The zero-order valence-corrected chi connectivity index (χ0v) is 17.3. The van der Waals surface area contributed by atoms with Crippen molar-refractivity contribution in [1.82, 2.24) is 0 Å². The van der Waals surface area contributed by atoms with Crippen molar-refractivity contribution in [2.75, 3.05) is 6.61 Å². The number of rotatable bonds is 7. The van der Waals surface area contributed by atoms with Crippen molar-refractivity contribution in [3.8, 4) is 16.9 Å². The highest BCUT2D eigenvalue weighted by Crippen LogP contribution is 2.26. The molecular formula is C23H18BrClO3. The topological polar surface area (TPSA) is 46.5 Å². The minimum Gasteiger partial charge on any atom is -0.488 e. The Kier molecular flexibility index (Phi) is 6.90. The van der Waals surface area contributed by atoms with Gasteiger partial charge in [0, 0.05) is 4.47 Å². The van der Waals surface area contributed by atoms with Crippen molar-refractivity contribution >= 4 is 39.6 Å². The highest BCUT2D eigenvalue weighted by Gasteiger charge is 2.05. The number of carbonyl (C=O) groups is 1. The van der Waals surface area contributed by atoms with Crippen LogP contribution in [0.2, 0.25) is 5.02 Å². The summed E-state index contributed by atoms with van der Waals surface area (Å²) in [5.74, 6) is -0.359. The molecule has 0 unspecified atom stereocenters. The minimum absolute atomic E-state index is 0.0609. The fraction of sp³-hybridized carbons (Fsp3) is 0.0870. The Balaban J connectivity index is 1.61. The molecule has 0 aromatic heterocycles. The van der Waals surface area contributed by atoms with Gasteiger partial charge < -0.3 is 9.84 Å². The monoisotopic (exact) mass is 456 g/mol. The molecule has 0 radical (unpaired) electrons. The molecule has 0 fully saturated rings. The molecule has 28 heavy (non-hydrogen) atoms. The molecule has 0 heterocycles. The van der Waals surface area contributed by atoms with Crippen LogP contribution < -0.4 is 4.74 Å². The standard InChI is InChI=1S/C23H18BrClO3/c24-20-9-7-18(8-10-20)19-5-1-3-16(13-19)4-2-12-28-22-11-6-17(14-21(22)25)15-23(26)27/h1-11,13-14H,12,15H2,(H,26,27). The zero-order chi connectivity index (χ0) is 19.9. The van der Waals surface area contributed by atoms with E-state index in [1.165, 1.54) is 0 Å². The summed E-state index contributed by atoms with van der Waals surface area (Å²) in [6.07, 6.45) is 3.85. The van der Waals surface area contributed by atoms with E-state index in [1.54, 1.807) is 18.2 Å². The van der Waals surface area contributed by atoms with Crippen LogP contribution in [-0.2, 0) is 11.2 Å². The van der Waals surface area contributed by atoms with Crippen molar-refractivity contribution < 1.29 is 14.6 Å². The van der Waals surface area contributed by atoms with Gasteiger partial charge in [-0.25, -0.2) is 0 Å². The SMILES string of the molecule is O=C(O)Cc1ccc(OCC=Cc2cccc(-c3ccc(Br)cc3)c2)c(Cl)c1. The Hall–Kier alpha value is -2.56. The van der Waals surface area contributed by atoms with Crippen molar-refractivity contribution in [2.24, 2.45) is 0 Å². The summed E-state index contributed by atoms with van der Waals surface area (Å²) in [5, 5.41) is 9.23. The van der Waals surface area contributed by atoms with E-state index in [2.05, 4.69) is 40.2 Å². The molecule has 0 saturated carbocycles. The predicted molar refractivity (Wildman–Crippen MR) is 117 cm³/mol. The first kappa shape index (κ1) is 20.2. The van der Waals surface area contributed by atoms with Gasteiger partial charge in [0.25, 0.3) is 0 Å². The van der Waals surface area contributed by atoms with Crippen LogP contribution in [0.5, 0.6) is 5.75 Å². The number of ether oxygens (including phenoxy) is 1. The lowest BCUT2D eigenvalue weighted by atomic mass is 10.0. The molecule has 3 rings (SSSR count). The van der Waals surface area contributed by atoms with Gasteiger partial charge in [0.05, 0.1) is 11.4 Å². The van der Waals surface area contributed by atoms with Crippen LogP contribution in [0.4, 0.5) is 0 Å². The number of hydrogen-bond donors (Lipinski definition) is 1. The maximum absolute atomic E-state index is 10.8. The van der Waals surface area contributed by atoms with E-state index in [1.807, 2.05) is 36.4 Å². The normalized spacial score (nSPS) is 10.9.